The van der Waals surface area contributed by atoms with Gasteiger partial charge in [0.15, 0.2) is 0 Å². The highest BCUT2D eigenvalue weighted by Crippen LogP contribution is 2.19. The number of ether oxygens (including phenoxy) is 1. The molecule has 0 aliphatic heterocycles. The molecule has 1 heterocycles. The van der Waals surface area contributed by atoms with Gasteiger partial charge < -0.3 is 14.5 Å². The quantitative estimate of drug-likeness (QED) is 0.820. The molecule has 0 atom stereocenters. The van der Waals surface area contributed by atoms with Crippen LogP contribution in [0.15, 0.2) is 34.7 Å². The van der Waals surface area contributed by atoms with Crippen molar-refractivity contribution in [3.8, 4) is 0 Å². The molecule has 0 spiro atoms. The minimum Gasteiger partial charge on any atom is -0.465 e. The van der Waals surface area contributed by atoms with Gasteiger partial charge >= 0.3 is 0 Å². The standard InChI is InChI=1S/C17H22ClNO2/c1-12(2)19-9-16-8-15(13(3)21-16)11-20-10-14-6-4-5-7-17(14)18/h4-8,12,19H,9-11H2,1-3H3. The smallest absolute Gasteiger partial charge is 0.118 e. The summed E-state index contributed by atoms with van der Waals surface area (Å²) in [6, 6.07) is 10.2. The molecule has 2 rings (SSSR count). The molecule has 0 bridgehead atoms. The van der Waals surface area contributed by atoms with Crippen molar-refractivity contribution in [2.24, 2.45) is 0 Å². The third kappa shape index (κ3) is 4.88. The zero-order valence-electron chi connectivity index (χ0n) is 12.8. The van der Waals surface area contributed by atoms with Crippen LogP contribution in [0.25, 0.3) is 0 Å². The van der Waals surface area contributed by atoms with Crippen molar-refractivity contribution in [3.63, 3.8) is 0 Å². The molecule has 2 aromatic rings. The third-order valence-electron chi connectivity index (χ3n) is 3.23. The zero-order valence-corrected chi connectivity index (χ0v) is 13.5. The minimum atomic E-state index is 0.440. The monoisotopic (exact) mass is 307 g/mol. The summed E-state index contributed by atoms with van der Waals surface area (Å²) in [6.07, 6.45) is 0. The lowest BCUT2D eigenvalue weighted by atomic mass is 10.2. The van der Waals surface area contributed by atoms with Gasteiger partial charge in [0.05, 0.1) is 19.8 Å². The van der Waals surface area contributed by atoms with Crippen molar-refractivity contribution >= 4 is 11.6 Å². The Morgan fingerprint density at radius 1 is 1.19 bits per heavy atom. The first-order valence-corrected chi connectivity index (χ1v) is 7.56. The van der Waals surface area contributed by atoms with Crippen LogP contribution in [0.3, 0.4) is 0 Å². The second-order valence-electron chi connectivity index (χ2n) is 5.41. The molecular weight excluding hydrogens is 286 g/mol. The molecule has 3 nitrogen and oxygen atoms in total. The summed E-state index contributed by atoms with van der Waals surface area (Å²) in [5.74, 6) is 1.85. The van der Waals surface area contributed by atoms with E-state index in [1.54, 1.807) is 0 Å². The molecule has 0 unspecified atom stereocenters. The molecule has 1 aromatic heterocycles. The summed E-state index contributed by atoms with van der Waals surface area (Å²) in [5.41, 5.74) is 2.09. The van der Waals surface area contributed by atoms with E-state index in [0.717, 1.165) is 34.2 Å². The number of nitrogens with one attached hydrogen (secondary N) is 1. The van der Waals surface area contributed by atoms with Crippen LogP contribution in [0.1, 0.15) is 36.5 Å². The number of halogens is 1. The van der Waals surface area contributed by atoms with E-state index in [9.17, 15) is 0 Å². The molecule has 21 heavy (non-hydrogen) atoms. The van der Waals surface area contributed by atoms with Crippen molar-refractivity contribution in [1.82, 2.24) is 5.32 Å². The predicted molar refractivity (Wildman–Crippen MR) is 85.4 cm³/mol. The first-order chi connectivity index (χ1) is 10.1. The summed E-state index contributed by atoms with van der Waals surface area (Å²) in [4.78, 5) is 0. The zero-order chi connectivity index (χ0) is 15.2. The van der Waals surface area contributed by atoms with Crippen LogP contribution in [-0.4, -0.2) is 6.04 Å². The Kier molecular flexibility index (Phi) is 5.85. The first-order valence-electron chi connectivity index (χ1n) is 7.19. The van der Waals surface area contributed by atoms with Crippen molar-refractivity contribution in [2.75, 3.05) is 0 Å². The van der Waals surface area contributed by atoms with Gasteiger partial charge in [0.2, 0.25) is 0 Å². The largest absolute Gasteiger partial charge is 0.465 e. The van der Waals surface area contributed by atoms with Crippen molar-refractivity contribution in [3.05, 3.63) is 58.0 Å². The van der Waals surface area contributed by atoms with E-state index in [4.69, 9.17) is 20.8 Å². The molecule has 0 fully saturated rings. The Labute approximate surface area is 131 Å². The molecule has 0 saturated heterocycles. The number of rotatable bonds is 7. The second-order valence-corrected chi connectivity index (χ2v) is 5.82. The van der Waals surface area contributed by atoms with Crippen LogP contribution in [0.5, 0.6) is 0 Å². The maximum Gasteiger partial charge on any atom is 0.118 e. The van der Waals surface area contributed by atoms with Crippen LogP contribution >= 0.6 is 11.6 Å². The molecule has 0 aliphatic carbocycles. The van der Waals surface area contributed by atoms with E-state index in [2.05, 4.69) is 25.2 Å². The molecule has 0 amide bonds. The molecular formula is C17H22ClNO2. The van der Waals surface area contributed by atoms with Crippen molar-refractivity contribution in [2.45, 2.75) is 46.6 Å². The van der Waals surface area contributed by atoms with Gasteiger partial charge in [-0.25, -0.2) is 0 Å². The average Bonchev–Trinajstić information content (AvgIpc) is 2.79. The molecule has 1 aromatic carbocycles. The Morgan fingerprint density at radius 3 is 2.62 bits per heavy atom. The molecule has 0 saturated carbocycles. The van der Waals surface area contributed by atoms with E-state index < -0.39 is 0 Å². The predicted octanol–water partition coefficient (Wildman–Crippen LogP) is 4.46. The Morgan fingerprint density at radius 2 is 1.90 bits per heavy atom. The Balaban J connectivity index is 1.87. The maximum absolute atomic E-state index is 6.11. The van der Waals surface area contributed by atoms with Crippen molar-refractivity contribution in [1.29, 1.82) is 0 Å². The van der Waals surface area contributed by atoms with E-state index in [1.807, 2.05) is 31.2 Å². The number of hydrogen-bond donors (Lipinski definition) is 1. The summed E-state index contributed by atoms with van der Waals surface area (Å²) < 4.78 is 11.5. The fraction of sp³-hybridized carbons (Fsp3) is 0.412. The molecule has 1 N–H and O–H groups in total. The Hall–Kier alpha value is -1.29. The summed E-state index contributed by atoms with van der Waals surface area (Å²) in [6.45, 7) is 7.97. The number of benzene rings is 1. The van der Waals surface area contributed by atoms with Gasteiger partial charge in [-0.3, -0.25) is 0 Å². The van der Waals surface area contributed by atoms with Gasteiger partial charge in [-0.15, -0.1) is 0 Å². The van der Waals surface area contributed by atoms with E-state index in [0.29, 0.717) is 19.3 Å². The van der Waals surface area contributed by atoms with E-state index >= 15 is 0 Å². The number of hydrogen-bond acceptors (Lipinski definition) is 3. The highest BCUT2D eigenvalue weighted by atomic mass is 35.5. The third-order valence-corrected chi connectivity index (χ3v) is 3.60. The molecule has 0 aliphatic rings. The number of furan rings is 1. The maximum atomic E-state index is 6.11. The lowest BCUT2D eigenvalue weighted by Gasteiger charge is -2.05. The van der Waals surface area contributed by atoms with Gasteiger partial charge in [-0.05, 0) is 24.6 Å². The van der Waals surface area contributed by atoms with Gasteiger partial charge in [0, 0.05) is 16.6 Å². The fourth-order valence-corrected chi connectivity index (χ4v) is 2.20. The second kappa shape index (κ2) is 7.64. The average molecular weight is 308 g/mol. The van der Waals surface area contributed by atoms with Gasteiger partial charge in [-0.1, -0.05) is 43.6 Å². The summed E-state index contributed by atoms with van der Waals surface area (Å²) >= 11 is 6.11. The molecule has 114 valence electrons. The summed E-state index contributed by atoms with van der Waals surface area (Å²) in [7, 11) is 0. The SMILES string of the molecule is Cc1oc(CNC(C)C)cc1COCc1ccccc1Cl. The van der Waals surface area contributed by atoms with Crippen molar-refractivity contribution < 1.29 is 9.15 Å². The first kappa shape index (κ1) is 16.1. The highest BCUT2D eigenvalue weighted by molar-refractivity contribution is 6.31. The van der Waals surface area contributed by atoms with Gasteiger partial charge in [0.25, 0.3) is 0 Å². The van der Waals surface area contributed by atoms with Crippen LogP contribution in [0.4, 0.5) is 0 Å². The Bertz CT molecular complexity index is 578. The van der Waals surface area contributed by atoms with E-state index in [-0.39, 0.29) is 0 Å². The summed E-state index contributed by atoms with van der Waals surface area (Å²) in [5, 5.41) is 4.08. The van der Waals surface area contributed by atoms with E-state index in [1.165, 1.54) is 0 Å². The van der Waals surface area contributed by atoms with Gasteiger partial charge in [0.1, 0.15) is 11.5 Å². The van der Waals surface area contributed by atoms with Crippen LogP contribution in [0.2, 0.25) is 5.02 Å². The minimum absolute atomic E-state index is 0.440. The lowest BCUT2D eigenvalue weighted by molar-refractivity contribution is 0.106. The highest BCUT2D eigenvalue weighted by Gasteiger charge is 2.08. The fourth-order valence-electron chi connectivity index (χ4n) is 2.01. The van der Waals surface area contributed by atoms with Crippen LogP contribution in [0, 0.1) is 6.92 Å². The molecule has 4 heteroatoms. The topological polar surface area (TPSA) is 34.4 Å². The number of aryl methyl sites for hydroxylation is 1. The van der Waals surface area contributed by atoms with Crippen LogP contribution < -0.4 is 5.32 Å². The lowest BCUT2D eigenvalue weighted by Crippen LogP contribution is -2.21. The molecule has 0 radical (unpaired) electrons. The van der Waals surface area contributed by atoms with Crippen LogP contribution in [-0.2, 0) is 24.5 Å². The van der Waals surface area contributed by atoms with Gasteiger partial charge in [-0.2, -0.15) is 0 Å². The normalized spacial score (nSPS) is 11.3.